The predicted octanol–water partition coefficient (Wildman–Crippen LogP) is 2.80. The van der Waals surface area contributed by atoms with Crippen LogP contribution < -0.4 is 14.8 Å². The van der Waals surface area contributed by atoms with Crippen molar-refractivity contribution < 1.29 is 18.8 Å². The highest BCUT2D eigenvalue weighted by molar-refractivity contribution is 5.96. The first-order valence-electron chi connectivity index (χ1n) is 6.93. The lowest BCUT2D eigenvalue weighted by atomic mass is 10.1. The topological polar surface area (TPSA) is 73.6 Å². The Morgan fingerprint density at radius 2 is 2.00 bits per heavy atom. The molecule has 22 heavy (non-hydrogen) atoms. The summed E-state index contributed by atoms with van der Waals surface area (Å²) in [5, 5.41) is 6.73. The lowest BCUT2D eigenvalue weighted by Gasteiger charge is -2.18. The van der Waals surface area contributed by atoms with Gasteiger partial charge in [0.2, 0.25) is 0 Å². The van der Waals surface area contributed by atoms with Crippen molar-refractivity contribution in [2.75, 3.05) is 14.2 Å². The van der Waals surface area contributed by atoms with Crippen LogP contribution in [0.1, 0.15) is 40.3 Å². The minimum absolute atomic E-state index is 0.228. The summed E-state index contributed by atoms with van der Waals surface area (Å²) in [6, 6.07) is 5.21. The maximum Gasteiger partial charge on any atom is 0.257 e. The first-order chi connectivity index (χ1) is 10.5. The predicted molar refractivity (Wildman–Crippen MR) is 81.4 cm³/mol. The van der Waals surface area contributed by atoms with Gasteiger partial charge in [0.05, 0.1) is 26.0 Å². The van der Waals surface area contributed by atoms with Crippen molar-refractivity contribution in [1.82, 2.24) is 10.5 Å². The van der Waals surface area contributed by atoms with Crippen molar-refractivity contribution in [3.63, 3.8) is 0 Å². The Labute approximate surface area is 129 Å². The average Bonchev–Trinajstić information content (AvgIpc) is 2.85. The number of ether oxygens (including phenoxy) is 2. The molecule has 1 N–H and O–H groups in total. The Hall–Kier alpha value is -2.50. The molecular weight excluding hydrogens is 284 g/mol. The SMILES string of the molecule is COc1ccc(OC)c(C(C)NC(=O)c2c(C)noc2C)c1. The Kier molecular flexibility index (Phi) is 4.70. The normalized spacial score (nSPS) is 11.9. The Balaban J connectivity index is 2.25. The van der Waals surface area contributed by atoms with E-state index in [1.807, 2.05) is 25.1 Å². The maximum atomic E-state index is 12.4. The highest BCUT2D eigenvalue weighted by Crippen LogP contribution is 2.29. The van der Waals surface area contributed by atoms with Crippen molar-refractivity contribution in [3.05, 3.63) is 40.8 Å². The van der Waals surface area contributed by atoms with E-state index in [2.05, 4.69) is 10.5 Å². The molecule has 1 aromatic carbocycles. The summed E-state index contributed by atoms with van der Waals surface area (Å²) in [6.07, 6.45) is 0. The molecule has 1 amide bonds. The van der Waals surface area contributed by atoms with Gasteiger partial charge in [0.1, 0.15) is 22.8 Å². The molecule has 0 saturated carbocycles. The highest BCUT2D eigenvalue weighted by Gasteiger charge is 2.21. The van der Waals surface area contributed by atoms with Gasteiger partial charge in [-0.3, -0.25) is 4.79 Å². The first-order valence-corrected chi connectivity index (χ1v) is 6.93. The molecule has 0 spiro atoms. The molecule has 0 radical (unpaired) electrons. The third-order valence-electron chi connectivity index (χ3n) is 3.51. The van der Waals surface area contributed by atoms with E-state index in [0.29, 0.717) is 28.5 Å². The zero-order valence-corrected chi connectivity index (χ0v) is 13.4. The number of hydrogen-bond acceptors (Lipinski definition) is 5. The fourth-order valence-electron chi connectivity index (χ4n) is 2.33. The molecule has 0 aliphatic carbocycles. The van der Waals surface area contributed by atoms with Gasteiger partial charge in [0.15, 0.2) is 0 Å². The molecule has 2 aromatic rings. The standard InChI is InChI=1S/C16H20N2O4/c1-9(13-8-12(20-4)6-7-14(13)21-5)17-16(19)15-10(2)18-22-11(15)3/h6-9H,1-5H3,(H,17,19). The highest BCUT2D eigenvalue weighted by atomic mass is 16.5. The molecule has 0 bridgehead atoms. The number of methoxy groups -OCH3 is 2. The number of nitrogens with zero attached hydrogens (tertiary/aromatic N) is 1. The molecule has 2 rings (SSSR count). The molecule has 0 aliphatic rings. The molecular formula is C16H20N2O4. The number of amides is 1. The summed E-state index contributed by atoms with van der Waals surface area (Å²) in [7, 11) is 3.19. The zero-order chi connectivity index (χ0) is 16.3. The van der Waals surface area contributed by atoms with Crippen LogP contribution in [0.15, 0.2) is 22.7 Å². The molecule has 6 heteroatoms. The number of nitrogens with one attached hydrogen (secondary N) is 1. The third kappa shape index (κ3) is 3.05. The van der Waals surface area contributed by atoms with E-state index in [1.165, 1.54) is 0 Å². The summed E-state index contributed by atoms with van der Waals surface area (Å²) >= 11 is 0. The molecule has 1 heterocycles. The van der Waals surface area contributed by atoms with Crippen LogP contribution in [0.3, 0.4) is 0 Å². The van der Waals surface area contributed by atoms with Gasteiger partial charge in [-0.05, 0) is 39.0 Å². The number of carbonyl (C=O) groups is 1. The third-order valence-corrected chi connectivity index (χ3v) is 3.51. The molecule has 0 aliphatic heterocycles. The Morgan fingerprint density at radius 3 is 2.55 bits per heavy atom. The Bertz CT molecular complexity index is 659. The van der Waals surface area contributed by atoms with Gasteiger partial charge in [0, 0.05) is 5.56 Å². The number of carbonyl (C=O) groups excluding carboxylic acids is 1. The molecule has 1 atom stereocenters. The molecule has 0 saturated heterocycles. The fraction of sp³-hybridized carbons (Fsp3) is 0.375. The van der Waals surface area contributed by atoms with Crippen molar-refractivity contribution in [2.45, 2.75) is 26.8 Å². The smallest absolute Gasteiger partial charge is 0.257 e. The largest absolute Gasteiger partial charge is 0.497 e. The van der Waals surface area contributed by atoms with Crippen molar-refractivity contribution in [1.29, 1.82) is 0 Å². The molecule has 0 fully saturated rings. The lowest BCUT2D eigenvalue weighted by molar-refractivity contribution is 0.0937. The van der Waals surface area contributed by atoms with Gasteiger partial charge in [0.25, 0.3) is 5.91 Å². The number of rotatable bonds is 5. The lowest BCUT2D eigenvalue weighted by Crippen LogP contribution is -2.27. The van der Waals surface area contributed by atoms with Crippen LogP contribution in [0.5, 0.6) is 11.5 Å². The minimum atomic E-state index is -0.258. The van der Waals surface area contributed by atoms with E-state index in [9.17, 15) is 4.79 Å². The first kappa shape index (κ1) is 15.9. The molecule has 118 valence electrons. The van der Waals surface area contributed by atoms with Crippen molar-refractivity contribution in [3.8, 4) is 11.5 Å². The number of benzene rings is 1. The van der Waals surface area contributed by atoms with Gasteiger partial charge in [-0.2, -0.15) is 0 Å². The van der Waals surface area contributed by atoms with Crippen LogP contribution in [-0.4, -0.2) is 25.3 Å². The second kappa shape index (κ2) is 6.51. The monoisotopic (exact) mass is 304 g/mol. The quantitative estimate of drug-likeness (QED) is 0.919. The van der Waals surface area contributed by atoms with Gasteiger partial charge < -0.3 is 19.3 Å². The van der Waals surface area contributed by atoms with Gasteiger partial charge in [-0.15, -0.1) is 0 Å². The average molecular weight is 304 g/mol. The fourth-order valence-corrected chi connectivity index (χ4v) is 2.33. The van der Waals surface area contributed by atoms with E-state index in [0.717, 1.165) is 5.56 Å². The van der Waals surface area contributed by atoms with Crippen LogP contribution in [-0.2, 0) is 0 Å². The minimum Gasteiger partial charge on any atom is -0.497 e. The number of aryl methyl sites for hydroxylation is 2. The molecule has 1 unspecified atom stereocenters. The molecule has 1 aromatic heterocycles. The maximum absolute atomic E-state index is 12.4. The van der Waals surface area contributed by atoms with E-state index >= 15 is 0 Å². The van der Waals surface area contributed by atoms with E-state index in [-0.39, 0.29) is 11.9 Å². The summed E-state index contributed by atoms with van der Waals surface area (Å²) in [5.41, 5.74) is 1.87. The van der Waals surface area contributed by atoms with E-state index in [1.54, 1.807) is 28.1 Å². The van der Waals surface area contributed by atoms with Crippen LogP contribution in [0.2, 0.25) is 0 Å². The summed E-state index contributed by atoms with van der Waals surface area (Å²) in [5.74, 6) is 1.66. The van der Waals surface area contributed by atoms with Crippen LogP contribution in [0.25, 0.3) is 0 Å². The van der Waals surface area contributed by atoms with E-state index < -0.39 is 0 Å². The summed E-state index contributed by atoms with van der Waals surface area (Å²) in [6.45, 7) is 5.33. The van der Waals surface area contributed by atoms with Gasteiger partial charge in [-0.25, -0.2) is 0 Å². The van der Waals surface area contributed by atoms with Crippen LogP contribution >= 0.6 is 0 Å². The van der Waals surface area contributed by atoms with E-state index in [4.69, 9.17) is 14.0 Å². The summed E-state index contributed by atoms with van der Waals surface area (Å²) in [4.78, 5) is 12.4. The second-order valence-electron chi connectivity index (χ2n) is 5.00. The molecule has 6 nitrogen and oxygen atoms in total. The van der Waals surface area contributed by atoms with Crippen molar-refractivity contribution >= 4 is 5.91 Å². The summed E-state index contributed by atoms with van der Waals surface area (Å²) < 4.78 is 15.6. The van der Waals surface area contributed by atoms with Crippen LogP contribution in [0, 0.1) is 13.8 Å². The zero-order valence-electron chi connectivity index (χ0n) is 13.4. The Morgan fingerprint density at radius 1 is 1.27 bits per heavy atom. The second-order valence-corrected chi connectivity index (χ2v) is 5.00. The van der Waals surface area contributed by atoms with Crippen molar-refractivity contribution in [2.24, 2.45) is 0 Å². The van der Waals surface area contributed by atoms with Gasteiger partial charge in [-0.1, -0.05) is 5.16 Å². The van der Waals surface area contributed by atoms with Gasteiger partial charge >= 0.3 is 0 Å². The van der Waals surface area contributed by atoms with Crippen LogP contribution in [0.4, 0.5) is 0 Å². The number of aromatic nitrogens is 1. The number of hydrogen-bond donors (Lipinski definition) is 1.